The van der Waals surface area contributed by atoms with Gasteiger partial charge in [-0.25, -0.2) is 4.39 Å². The number of thioether (sulfide) groups is 1. The van der Waals surface area contributed by atoms with Crippen LogP contribution in [0.1, 0.15) is 5.56 Å². The molecule has 0 spiro atoms. The number of carbonyl (C=O) groups excluding carboxylic acids is 1. The summed E-state index contributed by atoms with van der Waals surface area (Å²) in [6, 6.07) is 9.37. The van der Waals surface area contributed by atoms with Gasteiger partial charge in [0.1, 0.15) is 0 Å². The molecule has 0 saturated heterocycles. The molecule has 0 aromatic heterocycles. The summed E-state index contributed by atoms with van der Waals surface area (Å²) in [5.41, 5.74) is 4.14. The van der Waals surface area contributed by atoms with Crippen LogP contribution in [0.4, 0.5) is 4.39 Å². The van der Waals surface area contributed by atoms with Gasteiger partial charge in [-0.05, 0) is 5.56 Å². The van der Waals surface area contributed by atoms with Crippen LogP contribution in [-0.4, -0.2) is 11.4 Å². The summed E-state index contributed by atoms with van der Waals surface area (Å²) >= 11 is 0.896. The molecule has 0 saturated carbocycles. The third kappa shape index (κ3) is 3.46. The van der Waals surface area contributed by atoms with E-state index in [1.807, 2.05) is 30.3 Å². The molecule has 1 atom stereocenters. The first-order valence-corrected chi connectivity index (χ1v) is 4.84. The van der Waals surface area contributed by atoms with Gasteiger partial charge in [0.15, 0.2) is 0 Å². The molecular weight excluding hydrogens is 189 g/mol. The highest BCUT2D eigenvalue weighted by atomic mass is 32.2. The molecule has 0 heterocycles. The zero-order valence-corrected chi connectivity index (χ0v) is 7.76. The topological polar surface area (TPSA) is 43.1 Å². The van der Waals surface area contributed by atoms with Gasteiger partial charge in [-0.2, -0.15) is 0 Å². The number of halogens is 1. The lowest BCUT2D eigenvalue weighted by Crippen LogP contribution is -2.21. The molecular formula is C9H10FNOS. The molecule has 0 aliphatic heterocycles. The van der Waals surface area contributed by atoms with Crippen molar-refractivity contribution in [2.45, 2.75) is 11.3 Å². The van der Waals surface area contributed by atoms with Gasteiger partial charge in [0.05, 0.1) is 0 Å². The third-order valence-electron chi connectivity index (χ3n) is 1.46. The minimum atomic E-state index is -1.61. The molecule has 0 aliphatic rings. The van der Waals surface area contributed by atoms with Crippen LogP contribution in [-0.2, 0) is 10.5 Å². The van der Waals surface area contributed by atoms with E-state index < -0.39 is 11.4 Å². The Kier molecular flexibility index (Phi) is 3.76. The van der Waals surface area contributed by atoms with Crippen LogP contribution in [0.2, 0.25) is 0 Å². The predicted octanol–water partition coefficient (Wildman–Crippen LogP) is 1.70. The average Bonchev–Trinajstić information content (AvgIpc) is 2.15. The lowest BCUT2D eigenvalue weighted by atomic mass is 10.2. The lowest BCUT2D eigenvalue weighted by molar-refractivity contribution is -0.119. The molecule has 1 aromatic carbocycles. The van der Waals surface area contributed by atoms with Crippen LogP contribution >= 0.6 is 11.8 Å². The van der Waals surface area contributed by atoms with Crippen LogP contribution in [0.15, 0.2) is 30.3 Å². The van der Waals surface area contributed by atoms with Crippen molar-refractivity contribution in [1.29, 1.82) is 0 Å². The number of alkyl halides is 1. The molecule has 0 aliphatic carbocycles. The number of hydrogen-bond acceptors (Lipinski definition) is 2. The average molecular weight is 199 g/mol. The summed E-state index contributed by atoms with van der Waals surface area (Å²) in [5, 5.41) is 0. The van der Waals surface area contributed by atoms with Crippen LogP contribution in [0.25, 0.3) is 0 Å². The fraction of sp³-hybridized carbons (Fsp3) is 0.222. The maximum atomic E-state index is 12.7. The third-order valence-corrected chi connectivity index (χ3v) is 2.49. The van der Waals surface area contributed by atoms with Crippen molar-refractivity contribution in [2.24, 2.45) is 5.73 Å². The summed E-state index contributed by atoms with van der Waals surface area (Å²) in [6.45, 7) is 0. The van der Waals surface area contributed by atoms with Crippen LogP contribution in [0.5, 0.6) is 0 Å². The Balaban J connectivity index is 2.39. The van der Waals surface area contributed by atoms with Gasteiger partial charge in [-0.3, -0.25) is 4.79 Å². The number of nitrogens with two attached hydrogens (primary N) is 1. The molecule has 1 aromatic rings. The Bertz CT molecular complexity index is 278. The summed E-state index contributed by atoms with van der Waals surface area (Å²) in [4.78, 5) is 10.3. The molecule has 0 bridgehead atoms. The van der Waals surface area contributed by atoms with E-state index in [4.69, 9.17) is 5.73 Å². The fourth-order valence-corrected chi connectivity index (χ4v) is 1.52. The van der Waals surface area contributed by atoms with E-state index in [1.165, 1.54) is 0 Å². The number of primary amides is 1. The zero-order chi connectivity index (χ0) is 9.68. The van der Waals surface area contributed by atoms with Crippen molar-refractivity contribution < 1.29 is 9.18 Å². The van der Waals surface area contributed by atoms with E-state index in [2.05, 4.69) is 0 Å². The van der Waals surface area contributed by atoms with Crippen LogP contribution in [0, 0.1) is 0 Å². The quantitative estimate of drug-likeness (QED) is 0.802. The Labute approximate surface area is 80.3 Å². The van der Waals surface area contributed by atoms with Crippen molar-refractivity contribution in [3.05, 3.63) is 35.9 Å². The maximum Gasteiger partial charge on any atom is 0.262 e. The Morgan fingerprint density at radius 1 is 1.46 bits per heavy atom. The van der Waals surface area contributed by atoms with Gasteiger partial charge >= 0.3 is 0 Å². The minimum absolute atomic E-state index is 0.463. The van der Waals surface area contributed by atoms with E-state index in [1.54, 1.807) is 0 Å². The van der Waals surface area contributed by atoms with E-state index in [0.29, 0.717) is 5.75 Å². The predicted molar refractivity (Wildman–Crippen MR) is 51.8 cm³/mol. The van der Waals surface area contributed by atoms with Crippen molar-refractivity contribution in [3.63, 3.8) is 0 Å². The highest BCUT2D eigenvalue weighted by molar-refractivity contribution is 7.99. The fourth-order valence-electron chi connectivity index (χ4n) is 0.826. The van der Waals surface area contributed by atoms with E-state index >= 15 is 0 Å². The summed E-state index contributed by atoms with van der Waals surface area (Å²) < 4.78 is 12.7. The molecule has 0 radical (unpaired) electrons. The van der Waals surface area contributed by atoms with Gasteiger partial charge in [-0.1, -0.05) is 30.3 Å². The zero-order valence-electron chi connectivity index (χ0n) is 6.94. The summed E-state index contributed by atoms with van der Waals surface area (Å²) in [5.74, 6) is -0.453. The van der Waals surface area contributed by atoms with E-state index in [0.717, 1.165) is 17.3 Å². The Morgan fingerprint density at radius 3 is 2.62 bits per heavy atom. The summed E-state index contributed by atoms with van der Waals surface area (Å²) in [6.07, 6.45) is 0. The van der Waals surface area contributed by atoms with Crippen molar-refractivity contribution >= 4 is 17.7 Å². The molecule has 13 heavy (non-hydrogen) atoms. The molecule has 1 amide bonds. The molecule has 1 rings (SSSR count). The molecule has 70 valence electrons. The monoisotopic (exact) mass is 199 g/mol. The molecule has 2 nitrogen and oxygen atoms in total. The second kappa shape index (κ2) is 4.87. The normalized spacial score (nSPS) is 12.4. The van der Waals surface area contributed by atoms with Crippen molar-refractivity contribution in [3.8, 4) is 0 Å². The number of benzene rings is 1. The Hall–Kier alpha value is -1.03. The van der Waals surface area contributed by atoms with Gasteiger partial charge in [0.2, 0.25) is 5.50 Å². The molecule has 2 N–H and O–H groups in total. The van der Waals surface area contributed by atoms with Gasteiger partial charge < -0.3 is 5.73 Å². The SMILES string of the molecule is NC(=O)C(F)SCc1ccccc1. The largest absolute Gasteiger partial charge is 0.366 e. The standard InChI is InChI=1S/C9H10FNOS/c10-8(9(11)12)13-6-7-4-2-1-3-5-7/h1-5,8H,6H2,(H2,11,12). The molecule has 1 unspecified atom stereocenters. The van der Waals surface area contributed by atoms with E-state index in [-0.39, 0.29) is 0 Å². The number of rotatable bonds is 4. The lowest BCUT2D eigenvalue weighted by Gasteiger charge is -2.03. The first-order chi connectivity index (χ1) is 6.20. The molecule has 0 fully saturated rings. The van der Waals surface area contributed by atoms with Crippen LogP contribution < -0.4 is 5.73 Å². The van der Waals surface area contributed by atoms with Crippen LogP contribution in [0.3, 0.4) is 0 Å². The first-order valence-electron chi connectivity index (χ1n) is 3.79. The summed E-state index contributed by atoms with van der Waals surface area (Å²) in [7, 11) is 0. The van der Waals surface area contributed by atoms with E-state index in [9.17, 15) is 9.18 Å². The van der Waals surface area contributed by atoms with Gasteiger partial charge in [0, 0.05) is 5.75 Å². The van der Waals surface area contributed by atoms with Crippen molar-refractivity contribution in [1.82, 2.24) is 0 Å². The second-order valence-electron chi connectivity index (χ2n) is 2.52. The van der Waals surface area contributed by atoms with Gasteiger partial charge in [0.25, 0.3) is 5.91 Å². The van der Waals surface area contributed by atoms with Gasteiger partial charge in [-0.15, -0.1) is 11.8 Å². The number of amides is 1. The smallest absolute Gasteiger partial charge is 0.262 e. The number of hydrogen-bond donors (Lipinski definition) is 1. The highest BCUT2D eigenvalue weighted by Gasteiger charge is 2.12. The first kappa shape index (κ1) is 10.1. The minimum Gasteiger partial charge on any atom is -0.366 e. The maximum absolute atomic E-state index is 12.7. The highest BCUT2D eigenvalue weighted by Crippen LogP contribution is 2.17. The second-order valence-corrected chi connectivity index (χ2v) is 3.55. The Morgan fingerprint density at radius 2 is 2.08 bits per heavy atom. The molecule has 4 heteroatoms. The number of carbonyl (C=O) groups is 1. The van der Waals surface area contributed by atoms with Crippen molar-refractivity contribution in [2.75, 3.05) is 0 Å².